The van der Waals surface area contributed by atoms with Gasteiger partial charge in [0.25, 0.3) is 5.91 Å². The molecule has 0 spiro atoms. The van der Waals surface area contributed by atoms with Crippen LogP contribution in [0.25, 0.3) is 4.96 Å². The summed E-state index contributed by atoms with van der Waals surface area (Å²) in [6.07, 6.45) is 2.70. The average molecular weight is 318 g/mol. The van der Waals surface area contributed by atoms with E-state index in [1.807, 2.05) is 13.1 Å². The molecule has 3 rings (SSSR count). The molecule has 0 saturated carbocycles. The van der Waals surface area contributed by atoms with Gasteiger partial charge in [0.15, 0.2) is 0 Å². The van der Waals surface area contributed by atoms with Crippen molar-refractivity contribution in [2.75, 3.05) is 0 Å². The van der Waals surface area contributed by atoms with Crippen LogP contribution in [0, 0.1) is 5.92 Å². The summed E-state index contributed by atoms with van der Waals surface area (Å²) in [5.41, 5.74) is 3.89. The number of nitrogens with one attached hydrogen (secondary N) is 2. The number of rotatable bonds is 5. The number of aromatic amines is 1. The third-order valence-electron chi connectivity index (χ3n) is 3.29. The van der Waals surface area contributed by atoms with E-state index < -0.39 is 0 Å². The molecule has 0 saturated heterocycles. The second-order valence-corrected chi connectivity index (χ2v) is 6.51. The fourth-order valence-corrected chi connectivity index (χ4v) is 2.84. The average Bonchev–Trinajstić information content (AvgIpc) is 3.11. The molecule has 3 aromatic heterocycles. The van der Waals surface area contributed by atoms with Gasteiger partial charge in [0.2, 0.25) is 4.96 Å². The van der Waals surface area contributed by atoms with Gasteiger partial charge in [0, 0.05) is 5.69 Å². The minimum atomic E-state index is -0.205. The van der Waals surface area contributed by atoms with E-state index in [0.717, 1.165) is 22.8 Å². The Labute approximate surface area is 131 Å². The van der Waals surface area contributed by atoms with Gasteiger partial charge in [-0.25, -0.2) is 9.50 Å². The van der Waals surface area contributed by atoms with Crippen LogP contribution in [0.15, 0.2) is 17.8 Å². The van der Waals surface area contributed by atoms with Crippen molar-refractivity contribution in [3.05, 3.63) is 34.9 Å². The van der Waals surface area contributed by atoms with Crippen LogP contribution in [0.4, 0.5) is 0 Å². The largest absolute Gasteiger partial charge is 0.342 e. The minimum absolute atomic E-state index is 0.202. The van der Waals surface area contributed by atoms with E-state index >= 15 is 0 Å². The topological polar surface area (TPSA) is 88.0 Å². The molecule has 3 aromatic rings. The number of fused-ring (bicyclic) bond motifs is 1. The number of nitrogens with zero attached hydrogens (tertiary/aromatic N) is 4. The van der Waals surface area contributed by atoms with Crippen molar-refractivity contribution in [2.45, 2.75) is 33.2 Å². The van der Waals surface area contributed by atoms with Crippen molar-refractivity contribution < 1.29 is 4.79 Å². The van der Waals surface area contributed by atoms with Gasteiger partial charge < -0.3 is 5.32 Å². The standard InChI is InChI=1S/C14H18N6OS/c1-8(2)4-10-5-11(19-18-10)13(21)16-9(3)12-6-20-14(17-12)22-7-15-20/h5-9H,4H2,1-3H3,(H,16,21)(H,18,19)/t9-/m0/s1. The predicted octanol–water partition coefficient (Wildman–Crippen LogP) is 2.20. The van der Waals surface area contributed by atoms with E-state index in [-0.39, 0.29) is 11.9 Å². The van der Waals surface area contributed by atoms with E-state index in [4.69, 9.17) is 0 Å². The van der Waals surface area contributed by atoms with Gasteiger partial charge >= 0.3 is 0 Å². The van der Waals surface area contributed by atoms with Gasteiger partial charge in [-0.2, -0.15) is 10.2 Å². The first-order chi connectivity index (χ1) is 10.5. The second kappa shape index (κ2) is 5.88. The van der Waals surface area contributed by atoms with Crippen LogP contribution in [-0.2, 0) is 6.42 Å². The molecule has 0 aliphatic heterocycles. The lowest BCUT2D eigenvalue weighted by Gasteiger charge is -2.09. The zero-order chi connectivity index (χ0) is 15.7. The summed E-state index contributed by atoms with van der Waals surface area (Å²) in [6, 6.07) is 1.60. The number of carbonyl (C=O) groups is 1. The summed E-state index contributed by atoms with van der Waals surface area (Å²) in [7, 11) is 0. The molecule has 0 bridgehead atoms. The molecule has 3 heterocycles. The Morgan fingerprint density at radius 1 is 1.45 bits per heavy atom. The lowest BCUT2D eigenvalue weighted by molar-refractivity contribution is 0.0934. The monoisotopic (exact) mass is 318 g/mol. The highest BCUT2D eigenvalue weighted by Crippen LogP contribution is 2.16. The van der Waals surface area contributed by atoms with E-state index in [1.54, 1.807) is 16.1 Å². The van der Waals surface area contributed by atoms with Crippen LogP contribution in [0.1, 0.15) is 48.7 Å². The smallest absolute Gasteiger partial charge is 0.272 e. The summed E-state index contributed by atoms with van der Waals surface area (Å²) >= 11 is 1.46. The molecule has 0 aliphatic rings. The molecule has 0 fully saturated rings. The van der Waals surface area contributed by atoms with Crippen molar-refractivity contribution in [1.82, 2.24) is 30.1 Å². The van der Waals surface area contributed by atoms with Gasteiger partial charge in [0.05, 0.1) is 17.9 Å². The third kappa shape index (κ3) is 3.01. The lowest BCUT2D eigenvalue weighted by atomic mass is 10.1. The summed E-state index contributed by atoms with van der Waals surface area (Å²) in [5, 5.41) is 14.0. The highest BCUT2D eigenvalue weighted by atomic mass is 32.1. The summed E-state index contributed by atoms with van der Waals surface area (Å²) in [6.45, 7) is 6.15. The first kappa shape index (κ1) is 14.7. The van der Waals surface area contributed by atoms with Gasteiger partial charge in [-0.1, -0.05) is 25.2 Å². The van der Waals surface area contributed by atoms with E-state index in [1.165, 1.54) is 11.3 Å². The van der Waals surface area contributed by atoms with Gasteiger partial charge in [-0.15, -0.1) is 0 Å². The molecule has 0 radical (unpaired) electrons. The van der Waals surface area contributed by atoms with Crippen LogP contribution in [-0.4, -0.2) is 30.7 Å². The Balaban J connectivity index is 1.67. The summed E-state index contributed by atoms with van der Waals surface area (Å²) in [4.78, 5) is 17.5. The zero-order valence-electron chi connectivity index (χ0n) is 12.7. The Morgan fingerprint density at radius 2 is 2.27 bits per heavy atom. The van der Waals surface area contributed by atoms with Crippen molar-refractivity contribution in [3.63, 3.8) is 0 Å². The van der Waals surface area contributed by atoms with Crippen LogP contribution >= 0.6 is 11.3 Å². The molecule has 0 unspecified atom stereocenters. The fourth-order valence-electron chi connectivity index (χ4n) is 2.23. The normalized spacial score (nSPS) is 12.9. The molecule has 2 N–H and O–H groups in total. The molecule has 8 heteroatoms. The maximum absolute atomic E-state index is 12.2. The molecule has 1 atom stereocenters. The van der Waals surface area contributed by atoms with Crippen molar-refractivity contribution >= 4 is 22.2 Å². The first-order valence-corrected chi connectivity index (χ1v) is 8.05. The fraction of sp³-hybridized carbons (Fsp3) is 0.429. The molecule has 0 aliphatic carbocycles. The van der Waals surface area contributed by atoms with Crippen LogP contribution in [0.3, 0.4) is 0 Å². The molecule has 116 valence electrons. The SMILES string of the molecule is CC(C)Cc1cc(C(=O)N[C@@H](C)c2cn3ncsc3n2)n[nH]1. The van der Waals surface area contributed by atoms with Gasteiger partial charge in [0.1, 0.15) is 11.2 Å². The number of aromatic nitrogens is 5. The molecular formula is C14H18N6OS. The maximum atomic E-state index is 12.2. The number of amides is 1. The van der Waals surface area contributed by atoms with Crippen LogP contribution in [0.2, 0.25) is 0 Å². The van der Waals surface area contributed by atoms with Gasteiger partial charge in [-0.05, 0) is 25.3 Å². The molecular weight excluding hydrogens is 300 g/mol. The van der Waals surface area contributed by atoms with E-state index in [2.05, 4.69) is 39.4 Å². The van der Waals surface area contributed by atoms with Gasteiger partial charge in [-0.3, -0.25) is 9.89 Å². The van der Waals surface area contributed by atoms with Crippen LogP contribution in [0.5, 0.6) is 0 Å². The third-order valence-corrected chi connectivity index (χ3v) is 3.98. The highest BCUT2D eigenvalue weighted by Gasteiger charge is 2.17. The first-order valence-electron chi connectivity index (χ1n) is 7.17. The van der Waals surface area contributed by atoms with E-state index in [0.29, 0.717) is 11.6 Å². The zero-order valence-corrected chi connectivity index (χ0v) is 13.5. The maximum Gasteiger partial charge on any atom is 0.272 e. The quantitative estimate of drug-likeness (QED) is 0.755. The van der Waals surface area contributed by atoms with Crippen LogP contribution < -0.4 is 5.32 Å². The molecule has 1 amide bonds. The molecule has 0 aromatic carbocycles. The van der Waals surface area contributed by atoms with Crippen molar-refractivity contribution in [2.24, 2.45) is 5.92 Å². The molecule has 22 heavy (non-hydrogen) atoms. The highest BCUT2D eigenvalue weighted by molar-refractivity contribution is 7.14. The lowest BCUT2D eigenvalue weighted by Crippen LogP contribution is -2.27. The number of imidazole rings is 1. The summed E-state index contributed by atoms with van der Waals surface area (Å²) in [5.74, 6) is 0.310. The second-order valence-electron chi connectivity index (χ2n) is 5.70. The summed E-state index contributed by atoms with van der Waals surface area (Å²) < 4.78 is 1.71. The molecule has 7 nitrogen and oxygen atoms in total. The predicted molar refractivity (Wildman–Crippen MR) is 83.9 cm³/mol. The number of hydrogen-bond acceptors (Lipinski definition) is 5. The Morgan fingerprint density at radius 3 is 3.00 bits per heavy atom. The Bertz CT molecular complexity index is 758. The van der Waals surface area contributed by atoms with Crippen molar-refractivity contribution in [3.8, 4) is 0 Å². The Hall–Kier alpha value is -2.22. The van der Waals surface area contributed by atoms with Crippen molar-refractivity contribution in [1.29, 1.82) is 0 Å². The number of H-pyrrole nitrogens is 1. The minimum Gasteiger partial charge on any atom is -0.342 e. The number of hydrogen-bond donors (Lipinski definition) is 2. The Kier molecular flexibility index (Phi) is 3.93. The number of carbonyl (C=O) groups excluding carboxylic acids is 1. The van der Waals surface area contributed by atoms with E-state index in [9.17, 15) is 4.79 Å².